The predicted molar refractivity (Wildman–Crippen MR) is 30.8 cm³/mol. The van der Waals surface area contributed by atoms with Gasteiger partial charge in [-0.25, -0.2) is 0 Å². The van der Waals surface area contributed by atoms with E-state index in [4.69, 9.17) is 8.54 Å². The Bertz CT molecular complexity index is 38.5. The second kappa shape index (κ2) is 4.93. The molecule has 4 heteroatoms. The van der Waals surface area contributed by atoms with E-state index < -0.39 is 10.0 Å². The molecular weight excluding hydrogens is 112 g/mol. The van der Waals surface area contributed by atoms with Crippen molar-refractivity contribution < 1.29 is 8.54 Å². The van der Waals surface area contributed by atoms with E-state index in [-0.39, 0.29) is 0 Å². The Morgan fingerprint density at radius 2 is 2.50 bits per heavy atom. The van der Waals surface area contributed by atoms with E-state index >= 15 is 0 Å². The second-order valence-corrected chi connectivity index (χ2v) is 3.62. The van der Waals surface area contributed by atoms with E-state index in [9.17, 15) is 0 Å². The van der Waals surface area contributed by atoms with Crippen LogP contribution in [0.4, 0.5) is 0 Å². The van der Waals surface area contributed by atoms with Gasteiger partial charge in [0.25, 0.3) is 0 Å². The van der Waals surface area contributed by atoms with Gasteiger partial charge < -0.3 is 8.54 Å². The molecule has 0 N–H and O–H groups in total. The first-order valence-electron chi connectivity index (χ1n) is 1.63. The Hall–Kier alpha value is -0.0662. The molecule has 0 unspecified atom stereocenters. The summed E-state index contributed by atoms with van der Waals surface area (Å²) in [7, 11) is 0.158. The lowest BCUT2D eigenvalue weighted by molar-refractivity contribution is 0.430. The molecular formula is C2H8O2Si2. The first kappa shape index (κ1) is 5.93. The maximum Gasteiger partial charge on any atom is 0.354 e. The largest absolute Gasteiger partial charge is 0.532 e. The maximum absolute atomic E-state index is 4.77. The lowest BCUT2D eigenvalue weighted by Gasteiger charge is -1.91. The van der Waals surface area contributed by atoms with Crippen molar-refractivity contribution >= 4 is 20.5 Å². The van der Waals surface area contributed by atoms with E-state index in [1.807, 2.05) is 0 Å². The molecule has 0 atom stereocenters. The maximum atomic E-state index is 4.77. The van der Waals surface area contributed by atoms with Crippen molar-refractivity contribution in [1.82, 2.24) is 0 Å². The molecule has 36 valence electrons. The predicted octanol–water partition coefficient (Wildman–Crippen LogP) is -1.56. The van der Waals surface area contributed by atoms with E-state index in [0.29, 0.717) is 0 Å². The van der Waals surface area contributed by atoms with Crippen LogP contribution in [0.1, 0.15) is 0 Å². The molecule has 0 amide bonds. The van der Waals surface area contributed by atoms with Crippen LogP contribution in [0.5, 0.6) is 0 Å². The molecule has 0 bridgehead atoms. The molecule has 6 heavy (non-hydrogen) atoms. The third-order valence-corrected chi connectivity index (χ3v) is 1.62. The van der Waals surface area contributed by atoms with Gasteiger partial charge in [-0.3, -0.25) is 0 Å². The molecule has 0 spiro atoms. The van der Waals surface area contributed by atoms with Gasteiger partial charge in [0.15, 0.2) is 0 Å². The molecule has 0 aliphatic heterocycles. The van der Waals surface area contributed by atoms with Crippen LogP contribution in [0.25, 0.3) is 0 Å². The second-order valence-electron chi connectivity index (χ2n) is 0.740. The Balaban J connectivity index is 2.49. The Morgan fingerprint density at radius 3 is 2.67 bits per heavy atom. The highest BCUT2D eigenvalue weighted by atomic mass is 28.3. The first-order chi connectivity index (χ1) is 2.91. The van der Waals surface area contributed by atoms with Gasteiger partial charge in [-0.1, -0.05) is 6.58 Å². The molecule has 0 saturated heterocycles. The van der Waals surface area contributed by atoms with Gasteiger partial charge in [0.2, 0.25) is 0 Å². The fourth-order valence-corrected chi connectivity index (χ4v) is 0.757. The summed E-state index contributed by atoms with van der Waals surface area (Å²) in [4.78, 5) is 0. The lowest BCUT2D eigenvalue weighted by atomic mass is 11.2. The summed E-state index contributed by atoms with van der Waals surface area (Å²) in [6.45, 7) is 3.35. The molecule has 0 aromatic carbocycles. The van der Waals surface area contributed by atoms with Gasteiger partial charge in [-0.15, -0.1) is 0 Å². The summed E-state index contributed by atoms with van der Waals surface area (Å²) in [5.41, 5.74) is 0. The Labute approximate surface area is 42.8 Å². The topological polar surface area (TPSA) is 18.5 Å². The van der Waals surface area contributed by atoms with Crippen molar-refractivity contribution in [2.24, 2.45) is 0 Å². The third-order valence-electron chi connectivity index (χ3n) is 0.304. The highest BCUT2D eigenvalue weighted by Gasteiger charge is 1.70. The number of hydrogen-bond acceptors (Lipinski definition) is 2. The molecule has 0 heterocycles. The van der Waals surface area contributed by atoms with Crippen LogP contribution in [0.15, 0.2) is 12.8 Å². The summed E-state index contributed by atoms with van der Waals surface area (Å²) >= 11 is 0. The van der Waals surface area contributed by atoms with Gasteiger partial charge in [0, 0.05) is 0 Å². The molecule has 0 rings (SSSR count). The molecule has 0 aliphatic carbocycles. The van der Waals surface area contributed by atoms with E-state index in [1.54, 1.807) is 0 Å². The number of hydrogen-bond donors (Lipinski definition) is 0. The molecule has 0 saturated carbocycles. The minimum Gasteiger partial charge on any atom is -0.532 e. The van der Waals surface area contributed by atoms with Gasteiger partial charge in [0.05, 0.1) is 6.26 Å². The summed E-state index contributed by atoms with van der Waals surface area (Å²) in [6, 6.07) is 0. The van der Waals surface area contributed by atoms with Crippen LogP contribution in [-0.2, 0) is 8.54 Å². The Kier molecular flexibility index (Phi) is 4.88. The molecule has 0 aromatic rings. The zero-order chi connectivity index (χ0) is 4.83. The average molecular weight is 120 g/mol. The van der Waals surface area contributed by atoms with Gasteiger partial charge >= 0.3 is 10.0 Å². The van der Waals surface area contributed by atoms with Crippen molar-refractivity contribution in [2.75, 3.05) is 0 Å². The van der Waals surface area contributed by atoms with Gasteiger partial charge in [-0.05, 0) is 0 Å². The fraction of sp³-hybridized carbons (Fsp3) is 0. The first-order valence-corrected chi connectivity index (χ1v) is 3.60. The third kappa shape index (κ3) is 3.93. The molecule has 0 aliphatic rings. The van der Waals surface area contributed by atoms with Crippen LogP contribution >= 0.6 is 0 Å². The summed E-state index contributed by atoms with van der Waals surface area (Å²) in [5, 5.41) is 0. The van der Waals surface area contributed by atoms with E-state index in [0.717, 1.165) is 10.5 Å². The SMILES string of the molecule is C=CO[SiH2]O[SiH3]. The van der Waals surface area contributed by atoms with E-state index in [2.05, 4.69) is 6.58 Å². The summed E-state index contributed by atoms with van der Waals surface area (Å²) in [6.07, 6.45) is 1.42. The van der Waals surface area contributed by atoms with Crippen molar-refractivity contribution in [3.8, 4) is 0 Å². The zero-order valence-corrected chi connectivity index (χ0v) is 7.22. The molecule has 2 nitrogen and oxygen atoms in total. The van der Waals surface area contributed by atoms with Gasteiger partial charge in [-0.2, -0.15) is 0 Å². The van der Waals surface area contributed by atoms with Gasteiger partial charge in [0.1, 0.15) is 10.5 Å². The number of rotatable bonds is 3. The minimum atomic E-state index is -0.635. The van der Waals surface area contributed by atoms with Crippen LogP contribution in [0, 0.1) is 0 Å². The van der Waals surface area contributed by atoms with Crippen LogP contribution in [0.2, 0.25) is 0 Å². The molecule has 0 aromatic heterocycles. The van der Waals surface area contributed by atoms with Crippen LogP contribution < -0.4 is 0 Å². The highest BCUT2D eigenvalue weighted by molar-refractivity contribution is 6.27. The standard InChI is InChI=1S/C2H8O2Si2/c1-2-3-6-4-5/h2H,1,6H2,5H3. The average Bonchev–Trinajstić information content (AvgIpc) is 1.61. The van der Waals surface area contributed by atoms with Crippen molar-refractivity contribution in [2.45, 2.75) is 0 Å². The van der Waals surface area contributed by atoms with Crippen LogP contribution in [-0.4, -0.2) is 20.5 Å². The normalized spacial score (nSPS) is 10.0. The smallest absolute Gasteiger partial charge is 0.354 e. The summed E-state index contributed by atoms with van der Waals surface area (Å²) in [5.74, 6) is 0. The monoisotopic (exact) mass is 120 g/mol. The Morgan fingerprint density at radius 1 is 1.83 bits per heavy atom. The summed E-state index contributed by atoms with van der Waals surface area (Å²) < 4.78 is 9.46. The minimum absolute atomic E-state index is 0.635. The quantitative estimate of drug-likeness (QED) is 0.255. The van der Waals surface area contributed by atoms with Crippen molar-refractivity contribution in [1.29, 1.82) is 0 Å². The molecule has 0 fully saturated rings. The van der Waals surface area contributed by atoms with Crippen molar-refractivity contribution in [3.05, 3.63) is 12.8 Å². The zero-order valence-electron chi connectivity index (χ0n) is 3.81. The highest BCUT2D eigenvalue weighted by Crippen LogP contribution is 1.64. The fourth-order valence-electron chi connectivity index (χ4n) is 0.116. The van der Waals surface area contributed by atoms with Crippen molar-refractivity contribution in [3.63, 3.8) is 0 Å². The molecule has 0 radical (unpaired) electrons. The van der Waals surface area contributed by atoms with Crippen LogP contribution in [0.3, 0.4) is 0 Å². The lowest BCUT2D eigenvalue weighted by Crippen LogP contribution is -1.94. The van der Waals surface area contributed by atoms with E-state index in [1.165, 1.54) is 6.26 Å².